The van der Waals surface area contributed by atoms with E-state index in [9.17, 15) is 5.11 Å². The Bertz CT molecular complexity index is 968. The molecule has 3 aromatic carbocycles. The minimum atomic E-state index is -0.230. The van der Waals surface area contributed by atoms with E-state index < -0.39 is 0 Å². The average Bonchev–Trinajstić information content (AvgIpc) is 2.69. The third kappa shape index (κ3) is 4.01. The fraction of sp³-hybridized carbons (Fsp3) is 0.136. The maximum atomic E-state index is 10.3. The Balaban J connectivity index is 1.75. The predicted molar refractivity (Wildman–Crippen MR) is 111 cm³/mol. The number of para-hydroxylation sites is 1. The second-order valence-corrected chi connectivity index (χ2v) is 7.39. The van der Waals surface area contributed by atoms with Gasteiger partial charge in [0, 0.05) is 33.8 Å². The van der Waals surface area contributed by atoms with Crippen LogP contribution in [0, 0.1) is 0 Å². The van der Waals surface area contributed by atoms with Crippen molar-refractivity contribution in [3.63, 3.8) is 0 Å². The van der Waals surface area contributed by atoms with E-state index in [4.69, 9.17) is 28.2 Å². The molecule has 3 aromatic rings. The van der Waals surface area contributed by atoms with Gasteiger partial charge in [-0.15, -0.1) is 0 Å². The Hall–Kier alpha value is -2.33. The van der Waals surface area contributed by atoms with E-state index in [2.05, 4.69) is 5.32 Å². The molecule has 0 saturated carbocycles. The van der Waals surface area contributed by atoms with Crippen LogP contribution in [0.2, 0.25) is 10.0 Å². The number of halogens is 2. The standard InChI is InChI=1S/C22H18Cl2N2O/c23-16-9-5-14(6-10-16)19-13-20(18-3-1-2-4-21(18)27)26-22(25-19)15-7-11-17(24)12-8-15/h1-12,20,22,26-27H,13H2/t20-,22+/m0/s1. The van der Waals surface area contributed by atoms with Crippen LogP contribution in [-0.2, 0) is 0 Å². The summed E-state index contributed by atoms with van der Waals surface area (Å²) in [5.74, 6) is 0.280. The maximum Gasteiger partial charge on any atom is 0.126 e. The Morgan fingerprint density at radius 1 is 0.852 bits per heavy atom. The van der Waals surface area contributed by atoms with Crippen LogP contribution >= 0.6 is 23.2 Å². The predicted octanol–water partition coefficient (Wildman–Crippen LogP) is 5.92. The molecule has 0 spiro atoms. The summed E-state index contributed by atoms with van der Waals surface area (Å²) in [6.45, 7) is 0. The number of phenolic OH excluding ortho intramolecular Hbond substituents is 1. The molecule has 0 bridgehead atoms. The molecule has 0 unspecified atom stereocenters. The Labute approximate surface area is 168 Å². The van der Waals surface area contributed by atoms with Gasteiger partial charge in [0.1, 0.15) is 11.9 Å². The number of nitrogens with zero attached hydrogens (tertiary/aromatic N) is 1. The molecule has 0 aliphatic carbocycles. The Morgan fingerprint density at radius 3 is 2.15 bits per heavy atom. The van der Waals surface area contributed by atoms with Gasteiger partial charge in [0.2, 0.25) is 0 Å². The zero-order chi connectivity index (χ0) is 18.8. The van der Waals surface area contributed by atoms with Gasteiger partial charge in [0.25, 0.3) is 0 Å². The van der Waals surface area contributed by atoms with Crippen LogP contribution in [0.4, 0.5) is 0 Å². The van der Waals surface area contributed by atoms with Gasteiger partial charge >= 0.3 is 0 Å². The van der Waals surface area contributed by atoms with Crippen molar-refractivity contribution in [1.82, 2.24) is 5.32 Å². The van der Waals surface area contributed by atoms with E-state index in [1.807, 2.05) is 66.7 Å². The molecule has 1 aliphatic heterocycles. The monoisotopic (exact) mass is 396 g/mol. The lowest BCUT2D eigenvalue weighted by atomic mass is 9.93. The van der Waals surface area contributed by atoms with Gasteiger partial charge in [-0.3, -0.25) is 10.3 Å². The molecule has 2 N–H and O–H groups in total. The van der Waals surface area contributed by atoms with Crippen LogP contribution in [-0.4, -0.2) is 10.8 Å². The first-order valence-corrected chi connectivity index (χ1v) is 9.48. The highest BCUT2D eigenvalue weighted by atomic mass is 35.5. The van der Waals surface area contributed by atoms with Crippen molar-refractivity contribution in [2.75, 3.05) is 0 Å². The quantitative estimate of drug-likeness (QED) is 0.576. The Morgan fingerprint density at radius 2 is 1.48 bits per heavy atom. The van der Waals surface area contributed by atoms with E-state index in [-0.39, 0.29) is 18.0 Å². The lowest BCUT2D eigenvalue weighted by Gasteiger charge is -2.31. The number of aromatic hydroxyl groups is 1. The zero-order valence-corrected chi connectivity index (χ0v) is 16.0. The summed E-state index contributed by atoms with van der Waals surface area (Å²) in [5.41, 5.74) is 3.88. The fourth-order valence-electron chi connectivity index (χ4n) is 3.32. The molecular weight excluding hydrogens is 379 g/mol. The van der Waals surface area contributed by atoms with E-state index in [0.717, 1.165) is 22.4 Å². The lowest BCUT2D eigenvalue weighted by molar-refractivity contribution is 0.413. The summed E-state index contributed by atoms with van der Waals surface area (Å²) in [6, 6.07) is 22.7. The van der Waals surface area contributed by atoms with Crippen LogP contribution < -0.4 is 5.32 Å². The summed E-state index contributed by atoms with van der Waals surface area (Å²) < 4.78 is 0. The molecule has 3 nitrogen and oxygen atoms in total. The van der Waals surface area contributed by atoms with Crippen LogP contribution in [0.3, 0.4) is 0 Å². The highest BCUT2D eigenvalue weighted by Crippen LogP contribution is 2.34. The van der Waals surface area contributed by atoms with Gasteiger partial charge < -0.3 is 5.11 Å². The second kappa shape index (κ2) is 7.73. The molecule has 1 aliphatic rings. The molecule has 0 saturated heterocycles. The molecule has 4 rings (SSSR count). The molecule has 136 valence electrons. The third-order valence-electron chi connectivity index (χ3n) is 4.72. The molecule has 0 aromatic heterocycles. The highest BCUT2D eigenvalue weighted by Gasteiger charge is 2.27. The third-order valence-corrected chi connectivity index (χ3v) is 5.22. The van der Waals surface area contributed by atoms with Gasteiger partial charge in [-0.05, 0) is 41.5 Å². The number of aliphatic imine (C=N–C) groups is 1. The molecule has 0 amide bonds. The van der Waals surface area contributed by atoms with E-state index in [1.54, 1.807) is 6.07 Å². The normalized spacial score (nSPS) is 19.6. The van der Waals surface area contributed by atoms with Crippen molar-refractivity contribution in [3.8, 4) is 5.75 Å². The van der Waals surface area contributed by atoms with E-state index in [1.165, 1.54) is 0 Å². The van der Waals surface area contributed by atoms with Crippen LogP contribution in [0.25, 0.3) is 0 Å². The second-order valence-electron chi connectivity index (χ2n) is 6.52. The summed E-state index contributed by atoms with van der Waals surface area (Å²) in [5, 5.41) is 15.3. The van der Waals surface area contributed by atoms with Gasteiger partial charge in [0.05, 0.1) is 0 Å². The first kappa shape index (κ1) is 18.1. The molecule has 27 heavy (non-hydrogen) atoms. The molecule has 1 heterocycles. The van der Waals surface area contributed by atoms with Crippen molar-refractivity contribution >= 4 is 28.9 Å². The topological polar surface area (TPSA) is 44.6 Å². The number of rotatable bonds is 3. The van der Waals surface area contributed by atoms with Crippen molar-refractivity contribution < 1.29 is 5.11 Å². The molecule has 5 heteroatoms. The summed E-state index contributed by atoms with van der Waals surface area (Å²) in [7, 11) is 0. The van der Waals surface area contributed by atoms with Crippen LogP contribution in [0.15, 0.2) is 77.8 Å². The van der Waals surface area contributed by atoms with Crippen LogP contribution in [0.5, 0.6) is 5.75 Å². The Kier molecular flexibility index (Phi) is 5.17. The summed E-state index contributed by atoms with van der Waals surface area (Å²) in [4.78, 5) is 4.92. The van der Waals surface area contributed by atoms with Gasteiger partial charge in [-0.1, -0.05) is 65.7 Å². The zero-order valence-electron chi connectivity index (χ0n) is 14.4. The largest absolute Gasteiger partial charge is 0.508 e. The number of benzene rings is 3. The van der Waals surface area contributed by atoms with Gasteiger partial charge in [-0.25, -0.2) is 0 Å². The first-order chi connectivity index (χ1) is 13.1. The summed E-state index contributed by atoms with van der Waals surface area (Å²) in [6.07, 6.45) is 0.440. The van der Waals surface area contributed by atoms with Crippen molar-refractivity contribution in [1.29, 1.82) is 0 Å². The molecule has 0 radical (unpaired) electrons. The summed E-state index contributed by atoms with van der Waals surface area (Å²) >= 11 is 12.1. The smallest absolute Gasteiger partial charge is 0.126 e. The number of hydrogen-bond donors (Lipinski definition) is 2. The number of nitrogens with one attached hydrogen (secondary N) is 1. The average molecular weight is 397 g/mol. The molecular formula is C22H18Cl2N2O. The number of phenols is 1. The molecule has 2 atom stereocenters. The SMILES string of the molecule is Oc1ccccc1[C@@H]1CC(c2ccc(Cl)cc2)=N[C@@H](c2ccc(Cl)cc2)N1. The van der Waals surface area contributed by atoms with Gasteiger partial charge in [-0.2, -0.15) is 0 Å². The first-order valence-electron chi connectivity index (χ1n) is 8.72. The minimum Gasteiger partial charge on any atom is -0.508 e. The van der Waals surface area contributed by atoms with Gasteiger partial charge in [0.15, 0.2) is 0 Å². The number of hydrogen-bond acceptors (Lipinski definition) is 3. The van der Waals surface area contributed by atoms with Crippen LogP contribution in [0.1, 0.15) is 35.3 Å². The molecule has 0 fully saturated rings. The fourth-order valence-corrected chi connectivity index (χ4v) is 3.57. The maximum absolute atomic E-state index is 10.3. The minimum absolute atomic E-state index is 0.0601. The highest BCUT2D eigenvalue weighted by molar-refractivity contribution is 6.30. The van der Waals surface area contributed by atoms with Crippen molar-refractivity contribution in [2.45, 2.75) is 18.6 Å². The van der Waals surface area contributed by atoms with Crippen molar-refractivity contribution in [2.24, 2.45) is 4.99 Å². The van der Waals surface area contributed by atoms with E-state index in [0.29, 0.717) is 16.5 Å². The van der Waals surface area contributed by atoms with Crippen molar-refractivity contribution in [3.05, 3.63) is 99.5 Å². The van der Waals surface area contributed by atoms with E-state index >= 15 is 0 Å². The lowest BCUT2D eigenvalue weighted by Crippen LogP contribution is -2.33.